The third kappa shape index (κ3) is 2.63. The van der Waals surface area contributed by atoms with Gasteiger partial charge in [0.05, 0.1) is 0 Å². The van der Waals surface area contributed by atoms with Crippen LogP contribution in [-0.4, -0.2) is 18.5 Å². The molecule has 1 atom stereocenters. The molecule has 0 unspecified atom stereocenters. The molecule has 3 heteroatoms. The Bertz CT molecular complexity index is 536. The maximum Gasteiger partial charge on any atom is 0.251 e. The number of hydrogen-bond donors (Lipinski definition) is 2. The Kier molecular flexibility index (Phi) is 3.40. The number of fused-ring (bicyclic) bond motifs is 1. The van der Waals surface area contributed by atoms with Crippen molar-refractivity contribution in [3.8, 4) is 0 Å². The zero-order valence-corrected chi connectivity index (χ0v) is 9.81. The number of benzene rings is 2. The van der Waals surface area contributed by atoms with E-state index < -0.39 is 0 Å². The molecule has 0 radical (unpaired) electrons. The van der Waals surface area contributed by atoms with Gasteiger partial charge in [-0.2, -0.15) is 0 Å². The van der Waals surface area contributed by atoms with E-state index in [1.165, 1.54) is 0 Å². The summed E-state index contributed by atoms with van der Waals surface area (Å²) < 4.78 is 0. The lowest BCUT2D eigenvalue weighted by Gasteiger charge is -2.11. The number of nitrogens with one attached hydrogen (secondary N) is 1. The Hall–Kier alpha value is -1.87. The van der Waals surface area contributed by atoms with Crippen LogP contribution in [0.25, 0.3) is 10.8 Å². The molecular weight excluding hydrogens is 212 g/mol. The van der Waals surface area contributed by atoms with Crippen LogP contribution in [0.4, 0.5) is 0 Å². The molecule has 3 nitrogen and oxygen atoms in total. The number of rotatable bonds is 3. The normalized spacial score (nSPS) is 12.4. The van der Waals surface area contributed by atoms with Crippen LogP contribution in [0.2, 0.25) is 0 Å². The van der Waals surface area contributed by atoms with Crippen LogP contribution < -0.4 is 11.1 Å². The van der Waals surface area contributed by atoms with Gasteiger partial charge in [-0.15, -0.1) is 0 Å². The van der Waals surface area contributed by atoms with Crippen molar-refractivity contribution >= 4 is 16.7 Å². The second kappa shape index (κ2) is 4.97. The molecule has 0 saturated heterocycles. The van der Waals surface area contributed by atoms with Crippen LogP contribution in [0.5, 0.6) is 0 Å². The third-order valence-electron chi connectivity index (χ3n) is 2.74. The summed E-state index contributed by atoms with van der Waals surface area (Å²) in [7, 11) is 0. The second-order valence-corrected chi connectivity index (χ2v) is 4.17. The van der Waals surface area contributed by atoms with Gasteiger partial charge < -0.3 is 11.1 Å². The van der Waals surface area contributed by atoms with Crippen LogP contribution in [-0.2, 0) is 0 Å². The van der Waals surface area contributed by atoms with Gasteiger partial charge in [0.1, 0.15) is 0 Å². The maximum atomic E-state index is 11.9. The predicted octanol–water partition coefficient (Wildman–Crippen LogP) is 1.92. The molecule has 2 rings (SSSR count). The predicted molar refractivity (Wildman–Crippen MR) is 69.9 cm³/mol. The molecule has 0 fully saturated rings. The zero-order valence-electron chi connectivity index (χ0n) is 9.81. The summed E-state index contributed by atoms with van der Waals surface area (Å²) in [5, 5.41) is 5.05. The minimum Gasteiger partial charge on any atom is -0.348 e. The molecule has 0 aliphatic carbocycles. The van der Waals surface area contributed by atoms with Crippen molar-refractivity contribution < 1.29 is 4.79 Å². The second-order valence-electron chi connectivity index (χ2n) is 4.17. The summed E-state index contributed by atoms with van der Waals surface area (Å²) in [5.41, 5.74) is 6.14. The highest BCUT2D eigenvalue weighted by Crippen LogP contribution is 2.15. The lowest BCUT2D eigenvalue weighted by atomic mass is 10.1. The van der Waals surface area contributed by atoms with Crippen molar-refractivity contribution in [2.24, 2.45) is 5.73 Å². The summed E-state index contributed by atoms with van der Waals surface area (Å²) in [4.78, 5) is 11.9. The van der Waals surface area contributed by atoms with E-state index in [0.29, 0.717) is 12.1 Å². The molecule has 0 aliphatic rings. The lowest BCUT2D eigenvalue weighted by molar-refractivity contribution is 0.0941. The van der Waals surface area contributed by atoms with Crippen molar-refractivity contribution in [2.45, 2.75) is 13.0 Å². The first kappa shape index (κ1) is 11.6. The van der Waals surface area contributed by atoms with Gasteiger partial charge in [-0.3, -0.25) is 4.79 Å². The largest absolute Gasteiger partial charge is 0.348 e. The molecule has 2 aromatic rings. The van der Waals surface area contributed by atoms with Gasteiger partial charge in [-0.25, -0.2) is 0 Å². The summed E-state index contributed by atoms with van der Waals surface area (Å²) in [5.74, 6) is -0.0753. The molecule has 17 heavy (non-hydrogen) atoms. The van der Waals surface area contributed by atoms with Gasteiger partial charge in [-0.05, 0) is 29.8 Å². The van der Waals surface area contributed by atoms with Crippen LogP contribution in [0.1, 0.15) is 17.3 Å². The number of carbonyl (C=O) groups is 1. The molecule has 0 aliphatic heterocycles. The van der Waals surface area contributed by atoms with Gasteiger partial charge in [0.2, 0.25) is 0 Å². The minimum atomic E-state index is -0.0753. The third-order valence-corrected chi connectivity index (χ3v) is 2.74. The lowest BCUT2D eigenvalue weighted by Crippen LogP contribution is -2.37. The Balaban J connectivity index is 2.27. The van der Waals surface area contributed by atoms with Gasteiger partial charge in [-0.1, -0.05) is 30.3 Å². The van der Waals surface area contributed by atoms with Crippen molar-refractivity contribution in [3.63, 3.8) is 0 Å². The molecule has 0 bridgehead atoms. The topological polar surface area (TPSA) is 55.1 Å². The number of hydrogen-bond acceptors (Lipinski definition) is 2. The average Bonchev–Trinajstić information content (AvgIpc) is 2.38. The highest BCUT2D eigenvalue weighted by Gasteiger charge is 2.08. The number of amides is 1. The van der Waals surface area contributed by atoms with Gasteiger partial charge >= 0.3 is 0 Å². The van der Waals surface area contributed by atoms with E-state index in [4.69, 9.17) is 5.73 Å². The average molecular weight is 228 g/mol. The molecule has 0 aromatic heterocycles. The molecule has 0 heterocycles. The van der Waals surface area contributed by atoms with Crippen LogP contribution in [0, 0.1) is 0 Å². The molecule has 88 valence electrons. The fraction of sp³-hybridized carbons (Fsp3) is 0.214. The van der Waals surface area contributed by atoms with Gasteiger partial charge in [0.25, 0.3) is 5.91 Å². The van der Waals surface area contributed by atoms with E-state index >= 15 is 0 Å². The first-order chi connectivity index (χ1) is 8.20. The van der Waals surface area contributed by atoms with Crippen molar-refractivity contribution in [3.05, 3.63) is 48.0 Å². The molecule has 2 aromatic carbocycles. The summed E-state index contributed by atoms with van der Waals surface area (Å²) >= 11 is 0. The van der Waals surface area contributed by atoms with Crippen molar-refractivity contribution in [2.75, 3.05) is 6.54 Å². The van der Waals surface area contributed by atoms with Crippen molar-refractivity contribution in [1.82, 2.24) is 5.32 Å². The zero-order chi connectivity index (χ0) is 12.3. The molecule has 3 N–H and O–H groups in total. The Morgan fingerprint density at radius 3 is 2.65 bits per heavy atom. The maximum absolute atomic E-state index is 11.9. The summed E-state index contributed by atoms with van der Waals surface area (Å²) in [6.07, 6.45) is 0. The molecule has 1 amide bonds. The Morgan fingerprint density at radius 1 is 1.24 bits per heavy atom. The molecule has 0 spiro atoms. The molecule has 0 saturated carbocycles. The fourth-order valence-electron chi connectivity index (χ4n) is 1.70. The smallest absolute Gasteiger partial charge is 0.251 e. The highest BCUT2D eigenvalue weighted by molar-refractivity contribution is 5.98. The number of nitrogens with two attached hydrogens (primary N) is 1. The van der Waals surface area contributed by atoms with E-state index in [9.17, 15) is 4.79 Å². The van der Waals surface area contributed by atoms with Crippen LogP contribution in [0.3, 0.4) is 0 Å². The fourth-order valence-corrected chi connectivity index (χ4v) is 1.70. The quantitative estimate of drug-likeness (QED) is 0.843. The molecular formula is C14H16N2O. The first-order valence-corrected chi connectivity index (χ1v) is 5.70. The van der Waals surface area contributed by atoms with E-state index in [2.05, 4.69) is 5.32 Å². The van der Waals surface area contributed by atoms with E-state index in [1.807, 2.05) is 49.4 Å². The van der Waals surface area contributed by atoms with Crippen molar-refractivity contribution in [1.29, 1.82) is 0 Å². The standard InChI is InChI=1S/C14H16N2O/c1-10(9-15)16-14(17)13-7-6-11-4-2-3-5-12(11)8-13/h2-8,10H,9,15H2,1H3,(H,16,17)/t10-/m1/s1. The van der Waals surface area contributed by atoms with Crippen LogP contribution in [0.15, 0.2) is 42.5 Å². The van der Waals surface area contributed by atoms with Gasteiger partial charge in [0, 0.05) is 18.2 Å². The first-order valence-electron chi connectivity index (χ1n) is 5.70. The van der Waals surface area contributed by atoms with E-state index in [-0.39, 0.29) is 11.9 Å². The van der Waals surface area contributed by atoms with Gasteiger partial charge in [0.15, 0.2) is 0 Å². The Labute approximate surface area is 101 Å². The summed E-state index contributed by atoms with van der Waals surface area (Å²) in [6.45, 7) is 2.33. The van der Waals surface area contributed by atoms with Crippen LogP contribution >= 0.6 is 0 Å². The Morgan fingerprint density at radius 2 is 1.94 bits per heavy atom. The van der Waals surface area contributed by atoms with E-state index in [0.717, 1.165) is 10.8 Å². The number of carbonyl (C=O) groups excluding carboxylic acids is 1. The highest BCUT2D eigenvalue weighted by atomic mass is 16.1. The van der Waals surface area contributed by atoms with E-state index in [1.54, 1.807) is 0 Å². The SMILES string of the molecule is C[C@H](CN)NC(=O)c1ccc2ccccc2c1. The monoisotopic (exact) mass is 228 g/mol. The summed E-state index contributed by atoms with van der Waals surface area (Å²) in [6, 6.07) is 13.7. The minimum absolute atomic E-state index is 0.00558.